The molecule has 0 radical (unpaired) electrons. The number of rotatable bonds is 3. The highest BCUT2D eigenvalue weighted by Gasteiger charge is 2.52. The highest BCUT2D eigenvalue weighted by Crippen LogP contribution is 2.37. The van der Waals surface area contributed by atoms with Crippen molar-refractivity contribution in [2.75, 3.05) is 20.3 Å². The van der Waals surface area contributed by atoms with Gasteiger partial charge in [-0.25, -0.2) is 4.98 Å². The molecule has 3 heterocycles. The molecule has 1 unspecified atom stereocenters. The number of aromatic nitrogens is 1. The zero-order valence-electron chi connectivity index (χ0n) is 14.3. The Kier molecular flexibility index (Phi) is 4.26. The van der Waals surface area contributed by atoms with Gasteiger partial charge in [0.2, 0.25) is 0 Å². The molecule has 0 aliphatic carbocycles. The number of nitrogens with zero attached hydrogens (tertiary/aromatic N) is 1. The molecule has 0 amide bonds. The highest BCUT2D eigenvalue weighted by atomic mass is 35.5. The fraction of sp³-hybridized carbons (Fsp3) is 0.688. The molecule has 2 aliphatic heterocycles. The maximum atomic E-state index is 6.25. The van der Waals surface area contributed by atoms with Gasteiger partial charge in [0.25, 0.3) is 0 Å². The predicted molar refractivity (Wildman–Crippen MR) is 89.1 cm³/mol. The summed E-state index contributed by atoms with van der Waals surface area (Å²) in [6, 6.07) is 3.73. The molecule has 23 heavy (non-hydrogen) atoms. The molecule has 5 nitrogen and oxygen atoms in total. The van der Waals surface area contributed by atoms with Crippen LogP contribution in [0.5, 0.6) is 0 Å². The van der Waals surface area contributed by atoms with Crippen LogP contribution < -0.4 is 5.46 Å². The predicted octanol–water partition coefficient (Wildman–Crippen LogP) is 2.30. The van der Waals surface area contributed by atoms with E-state index in [4.69, 9.17) is 30.4 Å². The standard InChI is InChI=1S/C16H23BClNO4/c1-14(2)15(3,4)23-17(22-14)11-8-12(19-13(18)9-11)16(20-5)6-7-21-10-16/h8-9H,6-7,10H2,1-5H3. The maximum Gasteiger partial charge on any atom is 0.495 e. The Balaban J connectivity index is 1.96. The molecule has 1 aromatic heterocycles. The molecule has 0 aromatic carbocycles. The van der Waals surface area contributed by atoms with Crippen LogP contribution in [0, 0.1) is 0 Å². The minimum Gasteiger partial charge on any atom is -0.399 e. The summed E-state index contributed by atoms with van der Waals surface area (Å²) < 4.78 is 23.4. The van der Waals surface area contributed by atoms with Gasteiger partial charge in [0.05, 0.1) is 23.5 Å². The zero-order valence-corrected chi connectivity index (χ0v) is 15.1. The van der Waals surface area contributed by atoms with Crippen molar-refractivity contribution >= 4 is 24.2 Å². The highest BCUT2D eigenvalue weighted by molar-refractivity contribution is 6.62. The third-order valence-electron chi connectivity index (χ3n) is 5.18. The van der Waals surface area contributed by atoms with Gasteiger partial charge in [-0.1, -0.05) is 11.6 Å². The van der Waals surface area contributed by atoms with E-state index < -0.39 is 23.9 Å². The summed E-state index contributed by atoms with van der Waals surface area (Å²) in [6.07, 6.45) is 0.750. The third kappa shape index (κ3) is 2.92. The largest absolute Gasteiger partial charge is 0.495 e. The fourth-order valence-corrected chi connectivity index (χ4v) is 3.10. The number of pyridine rings is 1. The Bertz CT molecular complexity index is 586. The maximum absolute atomic E-state index is 6.25. The molecule has 2 fully saturated rings. The SMILES string of the molecule is COC1(c2cc(B3OC(C)(C)C(C)(C)O3)cc(Cl)n2)CCOC1. The normalized spacial score (nSPS) is 29.2. The van der Waals surface area contributed by atoms with E-state index in [2.05, 4.69) is 4.98 Å². The van der Waals surface area contributed by atoms with E-state index in [1.807, 2.05) is 33.8 Å². The number of halogens is 1. The molecule has 0 saturated carbocycles. The Morgan fingerprint density at radius 2 is 1.83 bits per heavy atom. The second-order valence-corrected chi connectivity index (χ2v) is 7.58. The molecule has 2 saturated heterocycles. The van der Waals surface area contributed by atoms with E-state index in [1.165, 1.54) is 0 Å². The van der Waals surface area contributed by atoms with Crippen molar-refractivity contribution in [3.05, 3.63) is 23.0 Å². The number of methoxy groups -OCH3 is 1. The van der Waals surface area contributed by atoms with Crippen molar-refractivity contribution < 1.29 is 18.8 Å². The molecule has 126 valence electrons. The van der Waals surface area contributed by atoms with Crippen molar-refractivity contribution in [1.82, 2.24) is 4.98 Å². The van der Waals surface area contributed by atoms with Gasteiger partial charge in [-0.15, -0.1) is 0 Å². The Labute approximate surface area is 142 Å². The van der Waals surface area contributed by atoms with Crippen molar-refractivity contribution in [2.24, 2.45) is 0 Å². The van der Waals surface area contributed by atoms with Crippen LogP contribution in [0.4, 0.5) is 0 Å². The van der Waals surface area contributed by atoms with Crippen molar-refractivity contribution in [1.29, 1.82) is 0 Å². The van der Waals surface area contributed by atoms with Crippen LogP contribution in [0.15, 0.2) is 12.1 Å². The summed E-state index contributed by atoms with van der Waals surface area (Å²) >= 11 is 6.25. The van der Waals surface area contributed by atoms with Gasteiger partial charge >= 0.3 is 7.12 Å². The van der Waals surface area contributed by atoms with Crippen molar-refractivity contribution in [2.45, 2.75) is 50.9 Å². The fourth-order valence-electron chi connectivity index (χ4n) is 2.88. The average Bonchev–Trinajstić information content (AvgIpc) is 3.02. The minimum atomic E-state index is -0.552. The van der Waals surface area contributed by atoms with Gasteiger partial charge in [0, 0.05) is 20.1 Å². The van der Waals surface area contributed by atoms with E-state index in [0.29, 0.717) is 18.4 Å². The summed E-state index contributed by atoms with van der Waals surface area (Å²) in [6.45, 7) is 9.22. The van der Waals surface area contributed by atoms with E-state index >= 15 is 0 Å². The quantitative estimate of drug-likeness (QED) is 0.625. The number of ether oxygens (including phenoxy) is 2. The van der Waals surface area contributed by atoms with Gasteiger partial charge in [-0.05, 0) is 45.3 Å². The van der Waals surface area contributed by atoms with Crippen LogP contribution in [-0.4, -0.2) is 43.6 Å². The first-order valence-corrected chi connectivity index (χ1v) is 8.23. The smallest absolute Gasteiger partial charge is 0.399 e. The lowest BCUT2D eigenvalue weighted by atomic mass is 9.78. The molecule has 0 spiro atoms. The van der Waals surface area contributed by atoms with Gasteiger partial charge < -0.3 is 18.8 Å². The van der Waals surface area contributed by atoms with Crippen molar-refractivity contribution in [3.8, 4) is 0 Å². The van der Waals surface area contributed by atoms with Gasteiger partial charge in [0.15, 0.2) is 0 Å². The van der Waals surface area contributed by atoms with E-state index in [0.717, 1.165) is 17.6 Å². The van der Waals surface area contributed by atoms with Crippen LogP contribution in [0.25, 0.3) is 0 Å². The summed E-state index contributed by atoms with van der Waals surface area (Å²) in [5.74, 6) is 0. The van der Waals surface area contributed by atoms with Crippen LogP contribution in [0.2, 0.25) is 5.15 Å². The first-order chi connectivity index (χ1) is 10.7. The lowest BCUT2D eigenvalue weighted by molar-refractivity contribution is -0.0245. The average molecular weight is 340 g/mol. The third-order valence-corrected chi connectivity index (χ3v) is 5.38. The monoisotopic (exact) mass is 339 g/mol. The lowest BCUT2D eigenvalue weighted by Crippen LogP contribution is -2.41. The van der Waals surface area contributed by atoms with Gasteiger partial charge in [-0.3, -0.25) is 0 Å². The van der Waals surface area contributed by atoms with Crippen LogP contribution in [-0.2, 0) is 24.4 Å². The summed E-state index contributed by atoms with van der Waals surface area (Å²) in [5, 5.41) is 0.399. The Hall–Kier alpha value is -0.655. The van der Waals surface area contributed by atoms with Crippen LogP contribution >= 0.6 is 11.6 Å². The first kappa shape index (κ1) is 17.2. The van der Waals surface area contributed by atoms with E-state index in [-0.39, 0.29) is 0 Å². The molecule has 2 aliphatic rings. The van der Waals surface area contributed by atoms with E-state index in [1.54, 1.807) is 13.2 Å². The minimum absolute atomic E-state index is 0.399. The molecule has 1 aromatic rings. The second kappa shape index (κ2) is 5.71. The summed E-state index contributed by atoms with van der Waals surface area (Å²) in [7, 11) is 1.20. The molecule has 7 heteroatoms. The molecule has 1 atom stereocenters. The summed E-state index contributed by atoms with van der Waals surface area (Å²) in [5.41, 5.74) is 0.256. The summed E-state index contributed by atoms with van der Waals surface area (Å²) in [4.78, 5) is 4.45. The van der Waals surface area contributed by atoms with E-state index in [9.17, 15) is 0 Å². The second-order valence-electron chi connectivity index (χ2n) is 7.20. The lowest BCUT2D eigenvalue weighted by Gasteiger charge is -2.32. The van der Waals surface area contributed by atoms with Gasteiger partial charge in [0.1, 0.15) is 10.8 Å². The molecule has 0 N–H and O–H groups in total. The molecule has 3 rings (SSSR count). The topological polar surface area (TPSA) is 49.8 Å². The Morgan fingerprint density at radius 1 is 1.17 bits per heavy atom. The molecular weight excluding hydrogens is 316 g/mol. The molecule has 0 bridgehead atoms. The van der Waals surface area contributed by atoms with Crippen LogP contribution in [0.3, 0.4) is 0 Å². The van der Waals surface area contributed by atoms with Gasteiger partial charge in [-0.2, -0.15) is 0 Å². The molecular formula is C16H23BClNO4. The van der Waals surface area contributed by atoms with Crippen LogP contribution in [0.1, 0.15) is 39.8 Å². The number of hydrogen-bond acceptors (Lipinski definition) is 5. The van der Waals surface area contributed by atoms with Crippen molar-refractivity contribution in [3.63, 3.8) is 0 Å². The number of hydrogen-bond donors (Lipinski definition) is 0. The zero-order chi connectivity index (χ0) is 16.9. The Morgan fingerprint density at radius 3 is 2.35 bits per heavy atom. The first-order valence-electron chi connectivity index (χ1n) is 7.86.